The van der Waals surface area contributed by atoms with E-state index in [1.165, 1.54) is 5.56 Å². The standard InChI is InChI=1S/C37H38Cl2N4O4/c38-31-19-30(43-16-15-28(22-43)25-11-5-2-6-12-25)20-32(39)34(31)35(44)42-33(36(45)47-23-24-9-3-1-4-10-24)21-40-37(46)41-29-17-26-13-7-8-14-27(26)18-29/h1-14,19-20,26-29,33H,15-18,21-23H2,(H,42,44)(H2,40,41,46)/t26?,27?,28?,29?,33-/m1/s1. The number of carbonyl (C=O) groups excluding carboxylic acids is 3. The number of halogens is 2. The van der Waals surface area contributed by atoms with E-state index >= 15 is 0 Å². The first-order valence-electron chi connectivity index (χ1n) is 16.0. The molecule has 6 rings (SSSR count). The van der Waals surface area contributed by atoms with Crippen molar-refractivity contribution in [3.63, 3.8) is 0 Å². The highest BCUT2D eigenvalue weighted by molar-refractivity contribution is 6.40. The molecule has 2 aliphatic carbocycles. The lowest BCUT2D eigenvalue weighted by molar-refractivity contribution is -0.147. The number of hydrogen-bond acceptors (Lipinski definition) is 5. The van der Waals surface area contributed by atoms with Gasteiger partial charge in [0.25, 0.3) is 5.91 Å². The number of carbonyl (C=O) groups is 3. The summed E-state index contributed by atoms with van der Waals surface area (Å²) in [6.07, 6.45) is 11.1. The van der Waals surface area contributed by atoms with Crippen LogP contribution in [0.2, 0.25) is 10.0 Å². The van der Waals surface area contributed by atoms with Gasteiger partial charge in [-0.1, -0.05) is 108 Å². The van der Waals surface area contributed by atoms with E-state index in [9.17, 15) is 14.4 Å². The van der Waals surface area contributed by atoms with E-state index < -0.39 is 23.9 Å². The van der Waals surface area contributed by atoms with Crippen molar-refractivity contribution >= 4 is 46.8 Å². The summed E-state index contributed by atoms with van der Waals surface area (Å²) >= 11 is 13.3. The van der Waals surface area contributed by atoms with Crippen molar-refractivity contribution in [2.24, 2.45) is 11.8 Å². The highest BCUT2D eigenvalue weighted by atomic mass is 35.5. The lowest BCUT2D eigenvalue weighted by Crippen LogP contribution is -2.51. The normalized spacial score (nSPS) is 22.0. The van der Waals surface area contributed by atoms with Gasteiger partial charge in [-0.25, -0.2) is 9.59 Å². The fraction of sp³-hybridized carbons (Fsp3) is 0.324. The Morgan fingerprint density at radius 3 is 2.19 bits per heavy atom. The Kier molecular flexibility index (Phi) is 10.5. The van der Waals surface area contributed by atoms with E-state index in [-0.39, 0.29) is 34.8 Å². The third-order valence-electron chi connectivity index (χ3n) is 9.19. The van der Waals surface area contributed by atoms with Crippen LogP contribution in [0.5, 0.6) is 0 Å². The fourth-order valence-electron chi connectivity index (χ4n) is 6.71. The summed E-state index contributed by atoms with van der Waals surface area (Å²) < 4.78 is 5.54. The number of fused-ring (bicyclic) bond motifs is 1. The predicted octanol–water partition coefficient (Wildman–Crippen LogP) is 6.65. The van der Waals surface area contributed by atoms with Gasteiger partial charge in [-0.3, -0.25) is 4.79 Å². The minimum atomic E-state index is -1.19. The molecule has 1 saturated heterocycles. The average Bonchev–Trinajstić information content (AvgIpc) is 3.74. The third kappa shape index (κ3) is 8.18. The summed E-state index contributed by atoms with van der Waals surface area (Å²) in [6.45, 7) is 1.46. The Morgan fingerprint density at radius 2 is 1.53 bits per heavy atom. The first-order chi connectivity index (χ1) is 22.8. The van der Waals surface area contributed by atoms with Crippen LogP contribution in [0.15, 0.2) is 97.1 Å². The van der Waals surface area contributed by atoms with Gasteiger partial charge in [0.2, 0.25) is 0 Å². The third-order valence-corrected chi connectivity index (χ3v) is 9.78. The predicted molar refractivity (Wildman–Crippen MR) is 185 cm³/mol. The topological polar surface area (TPSA) is 99.8 Å². The molecule has 3 unspecified atom stereocenters. The van der Waals surface area contributed by atoms with Gasteiger partial charge in [0.05, 0.1) is 22.2 Å². The summed E-state index contributed by atoms with van der Waals surface area (Å²) in [6, 6.07) is 21.4. The second kappa shape index (κ2) is 15.1. The number of amides is 3. The molecule has 3 aromatic rings. The van der Waals surface area contributed by atoms with Gasteiger partial charge in [0.1, 0.15) is 12.6 Å². The van der Waals surface area contributed by atoms with E-state index in [1.54, 1.807) is 12.1 Å². The Balaban J connectivity index is 1.11. The molecule has 0 aromatic heterocycles. The number of benzene rings is 3. The fourth-order valence-corrected chi connectivity index (χ4v) is 7.36. The van der Waals surface area contributed by atoms with Crippen molar-refractivity contribution in [2.45, 2.75) is 43.9 Å². The monoisotopic (exact) mass is 672 g/mol. The van der Waals surface area contributed by atoms with Crippen molar-refractivity contribution < 1.29 is 19.1 Å². The first-order valence-corrected chi connectivity index (χ1v) is 16.8. The molecule has 4 atom stereocenters. The minimum absolute atomic E-state index is 0.00480. The molecule has 1 saturated carbocycles. The Labute approximate surface area is 285 Å². The zero-order valence-electron chi connectivity index (χ0n) is 25.9. The Hall–Kier alpha value is -4.27. The Morgan fingerprint density at radius 1 is 0.894 bits per heavy atom. The molecule has 0 spiro atoms. The quantitative estimate of drug-likeness (QED) is 0.210. The highest BCUT2D eigenvalue weighted by Gasteiger charge is 2.33. The molecule has 3 amide bonds. The molecular formula is C37H38Cl2N4O4. The molecule has 10 heteroatoms. The van der Waals surface area contributed by atoms with Crippen LogP contribution in [0, 0.1) is 11.8 Å². The molecule has 0 bridgehead atoms. The van der Waals surface area contributed by atoms with Gasteiger partial charge in [-0.05, 0) is 54.4 Å². The molecule has 0 radical (unpaired) electrons. The number of anilines is 1. The number of urea groups is 1. The average molecular weight is 674 g/mol. The molecule has 3 N–H and O–H groups in total. The van der Waals surface area contributed by atoms with Crippen LogP contribution in [0.4, 0.5) is 10.5 Å². The SMILES string of the molecule is O=C(NC[C@@H](NC(=O)c1c(Cl)cc(N2CCC(c3ccccc3)C2)cc1Cl)C(=O)OCc1ccccc1)NC1CC2C=CC=CC2C1. The number of rotatable bonds is 10. The molecule has 244 valence electrons. The van der Waals surface area contributed by atoms with Crippen LogP contribution >= 0.6 is 23.2 Å². The maximum Gasteiger partial charge on any atom is 0.330 e. The summed E-state index contributed by atoms with van der Waals surface area (Å²) in [4.78, 5) is 41.9. The smallest absolute Gasteiger partial charge is 0.330 e. The number of hydrogen-bond donors (Lipinski definition) is 3. The van der Waals surface area contributed by atoms with Gasteiger partial charge in [0.15, 0.2) is 0 Å². The maximum atomic E-state index is 13.6. The zero-order chi connectivity index (χ0) is 32.8. The van der Waals surface area contributed by atoms with Crippen molar-refractivity contribution in [3.8, 4) is 0 Å². The van der Waals surface area contributed by atoms with E-state index in [4.69, 9.17) is 27.9 Å². The molecule has 3 aromatic carbocycles. The molecular weight excluding hydrogens is 635 g/mol. The van der Waals surface area contributed by atoms with Crippen LogP contribution in [-0.4, -0.2) is 49.6 Å². The number of esters is 1. The van der Waals surface area contributed by atoms with Crippen LogP contribution in [0.25, 0.3) is 0 Å². The first kappa shape index (κ1) is 32.7. The van der Waals surface area contributed by atoms with E-state index in [2.05, 4.69) is 45.1 Å². The van der Waals surface area contributed by atoms with Gasteiger partial charge in [-0.2, -0.15) is 0 Å². The maximum absolute atomic E-state index is 13.6. The number of nitrogens with zero attached hydrogens (tertiary/aromatic N) is 1. The van der Waals surface area contributed by atoms with Gasteiger partial charge in [0, 0.05) is 30.7 Å². The molecule has 1 heterocycles. The van der Waals surface area contributed by atoms with Crippen LogP contribution in [-0.2, 0) is 16.1 Å². The van der Waals surface area contributed by atoms with Gasteiger partial charge < -0.3 is 25.6 Å². The molecule has 3 aliphatic rings. The van der Waals surface area contributed by atoms with E-state index in [0.29, 0.717) is 17.8 Å². The van der Waals surface area contributed by atoms with Gasteiger partial charge in [-0.15, -0.1) is 0 Å². The largest absolute Gasteiger partial charge is 0.459 e. The van der Waals surface area contributed by atoms with E-state index in [0.717, 1.165) is 43.6 Å². The molecule has 1 aliphatic heterocycles. The molecule has 47 heavy (non-hydrogen) atoms. The summed E-state index contributed by atoms with van der Waals surface area (Å²) in [7, 11) is 0. The minimum Gasteiger partial charge on any atom is -0.459 e. The molecule has 2 fully saturated rings. The lowest BCUT2D eigenvalue weighted by atomic mass is 9.92. The number of nitrogens with one attached hydrogen (secondary N) is 3. The van der Waals surface area contributed by atoms with E-state index in [1.807, 2.05) is 60.7 Å². The van der Waals surface area contributed by atoms with Crippen molar-refractivity contribution in [2.75, 3.05) is 24.5 Å². The second-order valence-electron chi connectivity index (χ2n) is 12.4. The zero-order valence-corrected chi connectivity index (χ0v) is 27.4. The summed E-state index contributed by atoms with van der Waals surface area (Å²) in [5, 5.41) is 8.79. The van der Waals surface area contributed by atoms with Crippen molar-refractivity contribution in [1.29, 1.82) is 0 Å². The number of ether oxygens (including phenoxy) is 1. The van der Waals surface area contributed by atoms with Gasteiger partial charge >= 0.3 is 12.0 Å². The second-order valence-corrected chi connectivity index (χ2v) is 13.2. The number of allylic oxidation sites excluding steroid dienone is 4. The lowest BCUT2D eigenvalue weighted by Gasteiger charge is -2.22. The van der Waals surface area contributed by atoms with Crippen molar-refractivity contribution in [1.82, 2.24) is 16.0 Å². The summed E-state index contributed by atoms with van der Waals surface area (Å²) in [5.41, 5.74) is 2.95. The Bertz CT molecular complexity index is 1610. The van der Waals surface area contributed by atoms with Crippen LogP contribution in [0.1, 0.15) is 46.7 Å². The van der Waals surface area contributed by atoms with Crippen LogP contribution in [0.3, 0.4) is 0 Å². The summed E-state index contributed by atoms with van der Waals surface area (Å²) in [5.74, 6) is -0.144. The van der Waals surface area contributed by atoms with Crippen molar-refractivity contribution in [3.05, 3.63) is 124 Å². The van der Waals surface area contributed by atoms with Crippen LogP contribution < -0.4 is 20.9 Å². The highest BCUT2D eigenvalue weighted by Crippen LogP contribution is 2.37. The molecule has 8 nitrogen and oxygen atoms in total.